The van der Waals surface area contributed by atoms with E-state index in [1.54, 1.807) is 30.4 Å². The lowest BCUT2D eigenvalue weighted by Crippen LogP contribution is -2.17. The van der Waals surface area contributed by atoms with Gasteiger partial charge in [0, 0.05) is 9.50 Å². The summed E-state index contributed by atoms with van der Waals surface area (Å²) >= 11 is 14.6. The van der Waals surface area contributed by atoms with E-state index in [0.717, 1.165) is 28.2 Å². The third-order valence-electron chi connectivity index (χ3n) is 10.4. The van der Waals surface area contributed by atoms with E-state index < -0.39 is 29.8 Å². The SMILES string of the molecule is CC(C)/C=C/c1cc(Cl)cc(C(F)(F)F)c1.CC(C)/C=C/c1ccc(C(F)(F)F)c(Cl)c1.CC(C)/C=C/c1cccc(Br)c1.CC(C)/C=C/c1cccc(F)c1.CC(C)/C=C/c1cccc(OC(F)(F)F)c1.Cc1cccc(/C=C/C(C)C)c1. The maximum Gasteiger partial charge on any atom is 0.573 e. The lowest BCUT2D eigenvalue weighted by molar-refractivity contribution is -0.274. The van der Waals surface area contributed by atoms with Gasteiger partial charge in [0.2, 0.25) is 0 Å². The first-order valence-corrected chi connectivity index (χ1v) is 28.8. The maximum absolute atomic E-state index is 12.7. The second kappa shape index (κ2) is 38.8. The highest BCUT2D eigenvalue weighted by molar-refractivity contribution is 9.10. The summed E-state index contributed by atoms with van der Waals surface area (Å²) in [6.07, 6.45) is 10.2. The summed E-state index contributed by atoms with van der Waals surface area (Å²) in [5.74, 6) is 2.36. The first-order valence-electron chi connectivity index (χ1n) is 27.3. The number of benzene rings is 6. The molecule has 14 heteroatoms. The molecule has 6 aromatic rings. The molecule has 6 rings (SSSR count). The van der Waals surface area contributed by atoms with Gasteiger partial charge in [-0.25, -0.2) is 4.39 Å². The van der Waals surface area contributed by atoms with E-state index in [4.69, 9.17) is 23.2 Å². The van der Waals surface area contributed by atoms with Gasteiger partial charge in [-0.2, -0.15) is 26.3 Å². The van der Waals surface area contributed by atoms with Gasteiger partial charge in [0.15, 0.2) is 0 Å². The Labute approximate surface area is 511 Å². The minimum absolute atomic E-state index is 0.0956. The van der Waals surface area contributed by atoms with Crippen LogP contribution >= 0.6 is 39.1 Å². The van der Waals surface area contributed by atoms with Crippen LogP contribution in [0.5, 0.6) is 5.75 Å². The smallest absolute Gasteiger partial charge is 0.406 e. The largest absolute Gasteiger partial charge is 0.573 e. The Morgan fingerprint density at radius 2 is 0.798 bits per heavy atom. The molecule has 0 amide bonds. The normalized spacial score (nSPS) is 12.0. The van der Waals surface area contributed by atoms with Gasteiger partial charge < -0.3 is 4.74 Å². The molecule has 0 aromatic heterocycles. The van der Waals surface area contributed by atoms with E-state index in [1.165, 1.54) is 65.2 Å². The highest BCUT2D eigenvalue weighted by Gasteiger charge is 2.33. The summed E-state index contributed by atoms with van der Waals surface area (Å²) in [5, 5.41) is -0.170. The molecule has 0 atom stereocenters. The Hall–Kier alpha value is -6.08. The fourth-order valence-electron chi connectivity index (χ4n) is 6.37. The lowest BCUT2D eigenvalue weighted by atomic mass is 10.1. The summed E-state index contributed by atoms with van der Waals surface area (Å²) in [7, 11) is 0. The Balaban J connectivity index is 0.000000506. The standard InChI is InChI=1S/2C12H12ClF3.C12H13F3O.C12H16.C11H13Br.C11H13F/c1-8(2)3-4-9-5-10(12(14,15)16)7-11(13)6-9;1-8(2)3-4-9-5-6-10(11(13)7-9)12(14,15)16;1-9(2)6-7-10-4-3-5-11(8-10)16-12(13,14)15;1-10(2)7-8-12-6-4-5-11(3)9-12;2*1-9(2)6-7-10-4-3-5-11(12)8-10/h2*3-8H,1-2H3;3-9H,1-2H3;4-10H,1-3H3;2*3-9H,1-2H3/b2*4-3+;7-6+;8-7+;2*7-6+. The number of halogens is 13. The van der Waals surface area contributed by atoms with E-state index in [2.05, 4.69) is 136 Å². The molecule has 0 saturated carbocycles. The summed E-state index contributed by atoms with van der Waals surface area (Å²) < 4.78 is 128. The van der Waals surface area contributed by atoms with Crippen LogP contribution in [0.15, 0.2) is 174 Å². The number of allylic oxidation sites excluding steroid dienone is 6. The van der Waals surface area contributed by atoms with Gasteiger partial charge in [0.05, 0.1) is 16.1 Å². The summed E-state index contributed by atoms with van der Waals surface area (Å²) in [4.78, 5) is 0. The zero-order valence-electron chi connectivity index (χ0n) is 49.9. The van der Waals surface area contributed by atoms with Crippen molar-refractivity contribution in [2.24, 2.45) is 35.5 Å². The number of alkyl halides is 9. The monoisotopic (exact) mass is 1270 g/mol. The van der Waals surface area contributed by atoms with Crippen LogP contribution in [0.1, 0.15) is 133 Å². The molecule has 84 heavy (non-hydrogen) atoms. The van der Waals surface area contributed by atoms with E-state index in [0.29, 0.717) is 46.3 Å². The number of rotatable bonds is 13. The second-order valence-corrected chi connectivity index (χ2v) is 23.0. The molecule has 456 valence electrons. The van der Waals surface area contributed by atoms with Crippen LogP contribution in [-0.4, -0.2) is 6.36 Å². The number of hydrogen-bond acceptors (Lipinski definition) is 1. The Morgan fingerprint density at radius 3 is 1.19 bits per heavy atom. The molecule has 0 fully saturated rings. The maximum atomic E-state index is 12.7. The van der Waals surface area contributed by atoms with Crippen molar-refractivity contribution in [3.63, 3.8) is 0 Å². The molecule has 0 unspecified atom stereocenters. The topological polar surface area (TPSA) is 9.23 Å². The van der Waals surface area contributed by atoms with Crippen molar-refractivity contribution in [1.82, 2.24) is 0 Å². The van der Waals surface area contributed by atoms with Gasteiger partial charge in [0.1, 0.15) is 11.6 Å². The van der Waals surface area contributed by atoms with Crippen molar-refractivity contribution in [2.75, 3.05) is 0 Å². The molecule has 6 aromatic carbocycles. The van der Waals surface area contributed by atoms with Crippen molar-refractivity contribution in [2.45, 2.75) is 109 Å². The first kappa shape index (κ1) is 75.9. The van der Waals surface area contributed by atoms with Crippen LogP contribution in [0.25, 0.3) is 36.5 Å². The van der Waals surface area contributed by atoms with Crippen molar-refractivity contribution >= 4 is 75.6 Å². The zero-order valence-corrected chi connectivity index (χ0v) is 53.0. The van der Waals surface area contributed by atoms with Gasteiger partial charge in [-0.15, -0.1) is 13.2 Å². The first-order chi connectivity index (χ1) is 39.0. The van der Waals surface area contributed by atoms with Crippen LogP contribution in [0, 0.1) is 48.2 Å². The third kappa shape index (κ3) is 38.0. The molecule has 0 bridgehead atoms. The van der Waals surface area contributed by atoms with Crippen LogP contribution in [0.3, 0.4) is 0 Å². The minimum Gasteiger partial charge on any atom is -0.406 e. The van der Waals surface area contributed by atoms with Gasteiger partial charge in [-0.3, -0.25) is 0 Å². The van der Waals surface area contributed by atoms with Crippen molar-refractivity contribution in [1.29, 1.82) is 0 Å². The Kier molecular flexibility index (Phi) is 35.1. The molecule has 0 aliphatic heterocycles. The molecule has 0 saturated heterocycles. The average Bonchev–Trinajstić information content (AvgIpc) is 3.60. The molecule has 0 aliphatic carbocycles. The predicted octanol–water partition coefficient (Wildman–Crippen LogP) is 25.6. The third-order valence-corrected chi connectivity index (χ3v) is 11.4. The fourth-order valence-corrected chi connectivity index (χ4v) is 7.32. The fraction of sp³-hybridized carbons (Fsp3) is 0.314. The molecule has 0 radical (unpaired) electrons. The minimum atomic E-state index is -4.64. The summed E-state index contributed by atoms with van der Waals surface area (Å²) in [5.41, 5.74) is 5.10. The van der Waals surface area contributed by atoms with Crippen molar-refractivity contribution in [3.05, 3.63) is 240 Å². The molecule has 0 spiro atoms. The van der Waals surface area contributed by atoms with E-state index in [1.807, 2.05) is 84.0 Å². The summed E-state index contributed by atoms with van der Waals surface area (Å²) in [6.45, 7) is 26.9. The molecular formula is C70H79BrCl2F10O. The van der Waals surface area contributed by atoms with E-state index >= 15 is 0 Å². The van der Waals surface area contributed by atoms with Crippen LogP contribution in [0.4, 0.5) is 43.9 Å². The van der Waals surface area contributed by atoms with Crippen molar-refractivity contribution < 1.29 is 48.6 Å². The van der Waals surface area contributed by atoms with Crippen LogP contribution < -0.4 is 4.74 Å². The quantitative estimate of drug-likeness (QED) is 0.105. The van der Waals surface area contributed by atoms with Gasteiger partial charge in [-0.05, 0) is 143 Å². The number of ether oxygens (including phenoxy) is 1. The highest BCUT2D eigenvalue weighted by Crippen LogP contribution is 2.36. The Morgan fingerprint density at radius 1 is 0.405 bits per heavy atom. The van der Waals surface area contributed by atoms with Gasteiger partial charge in [-0.1, -0.05) is 267 Å². The Bertz CT molecular complexity index is 2890. The zero-order chi connectivity index (χ0) is 63.8. The average molecular weight is 1280 g/mol. The van der Waals surface area contributed by atoms with Crippen LogP contribution in [-0.2, 0) is 12.4 Å². The number of hydrogen-bond donors (Lipinski definition) is 0. The van der Waals surface area contributed by atoms with Gasteiger partial charge in [0.25, 0.3) is 0 Å². The molecular weight excluding hydrogens is 1200 g/mol. The molecule has 0 N–H and O–H groups in total. The highest BCUT2D eigenvalue weighted by atomic mass is 79.9. The van der Waals surface area contributed by atoms with E-state index in [9.17, 15) is 43.9 Å². The lowest BCUT2D eigenvalue weighted by Gasteiger charge is -2.09. The molecule has 1 nitrogen and oxygen atoms in total. The van der Waals surface area contributed by atoms with E-state index in [-0.39, 0.29) is 27.5 Å². The van der Waals surface area contributed by atoms with Gasteiger partial charge >= 0.3 is 18.7 Å². The number of aryl methyl sites for hydroxylation is 1. The second-order valence-electron chi connectivity index (χ2n) is 21.3. The van der Waals surface area contributed by atoms with Crippen LogP contribution in [0.2, 0.25) is 10.0 Å². The predicted molar refractivity (Wildman–Crippen MR) is 341 cm³/mol. The van der Waals surface area contributed by atoms with Crippen molar-refractivity contribution in [3.8, 4) is 5.75 Å². The molecule has 0 heterocycles. The molecule has 0 aliphatic rings. The summed E-state index contributed by atoms with van der Waals surface area (Å²) in [6, 6.07) is 36.6.